The van der Waals surface area contributed by atoms with Gasteiger partial charge in [-0.05, 0) is 36.1 Å². The molecule has 1 aromatic heterocycles. The molecule has 30 heavy (non-hydrogen) atoms. The van der Waals surface area contributed by atoms with E-state index in [0.717, 1.165) is 5.56 Å². The molecule has 0 radical (unpaired) electrons. The molecule has 1 atom stereocenters. The molecule has 7 nitrogen and oxygen atoms in total. The number of nitrogens with one attached hydrogen (secondary N) is 1. The quantitative estimate of drug-likeness (QED) is 0.478. The number of aromatic nitrogens is 3. The summed E-state index contributed by atoms with van der Waals surface area (Å²) in [5.41, 5.74) is 3.19. The summed E-state index contributed by atoms with van der Waals surface area (Å²) in [6, 6.07) is 16.9. The number of thioether (sulfide) groups is 1. The zero-order chi connectivity index (χ0) is 21.9. The third-order valence-electron chi connectivity index (χ3n) is 4.58. The van der Waals surface area contributed by atoms with Crippen molar-refractivity contribution in [2.45, 2.75) is 43.5 Å². The monoisotopic (exact) mass is 420 g/mol. The van der Waals surface area contributed by atoms with Crippen molar-refractivity contribution >= 4 is 23.4 Å². The predicted molar refractivity (Wildman–Crippen MR) is 119 cm³/mol. The highest BCUT2D eigenvalue weighted by molar-refractivity contribution is 8.00. The zero-order valence-corrected chi connectivity index (χ0v) is 18.2. The molecule has 154 valence electrons. The van der Waals surface area contributed by atoms with E-state index in [2.05, 4.69) is 54.5 Å². The van der Waals surface area contributed by atoms with Gasteiger partial charge in [0, 0.05) is 11.3 Å². The Morgan fingerprint density at radius 2 is 1.90 bits per heavy atom. The highest BCUT2D eigenvalue weighted by Gasteiger charge is 2.21. The first-order valence-electron chi connectivity index (χ1n) is 9.48. The van der Waals surface area contributed by atoms with Crippen molar-refractivity contribution in [2.75, 3.05) is 11.2 Å². The number of anilines is 1. The predicted octanol–water partition coefficient (Wildman–Crippen LogP) is 3.95. The van der Waals surface area contributed by atoms with Crippen LogP contribution in [0.5, 0.6) is 0 Å². The maximum absolute atomic E-state index is 12.5. The van der Waals surface area contributed by atoms with Crippen molar-refractivity contribution < 1.29 is 4.79 Å². The van der Waals surface area contributed by atoms with Gasteiger partial charge in [0.25, 0.3) is 0 Å². The Morgan fingerprint density at radius 1 is 1.20 bits per heavy atom. The Balaban J connectivity index is 1.71. The molecule has 0 aliphatic heterocycles. The summed E-state index contributed by atoms with van der Waals surface area (Å²) in [6.07, 6.45) is 0. The summed E-state index contributed by atoms with van der Waals surface area (Å²) >= 11 is 1.22. The van der Waals surface area contributed by atoms with Crippen molar-refractivity contribution in [3.63, 3.8) is 0 Å². The van der Waals surface area contributed by atoms with Crippen LogP contribution in [0.4, 0.5) is 5.69 Å². The average molecular weight is 421 g/mol. The van der Waals surface area contributed by atoms with Crippen LogP contribution in [0.1, 0.15) is 38.8 Å². The molecule has 0 bridgehead atoms. The SMILES string of the molecule is C[C@@H](Sc1nnc(-c2ccc(C(C)(C)C)cc2)n1N)C(=O)Nc1cccc(C#N)c1. The van der Waals surface area contributed by atoms with Gasteiger partial charge in [-0.1, -0.05) is 62.9 Å². The molecule has 0 saturated carbocycles. The summed E-state index contributed by atoms with van der Waals surface area (Å²) < 4.78 is 1.40. The number of hydrogen-bond acceptors (Lipinski definition) is 6. The van der Waals surface area contributed by atoms with Crippen LogP contribution in [0.15, 0.2) is 53.7 Å². The van der Waals surface area contributed by atoms with Gasteiger partial charge in [0.1, 0.15) is 0 Å². The van der Waals surface area contributed by atoms with Crippen molar-refractivity contribution in [2.24, 2.45) is 0 Å². The third kappa shape index (κ3) is 4.81. The molecule has 8 heteroatoms. The Kier molecular flexibility index (Phi) is 6.13. The number of carbonyl (C=O) groups excluding carboxylic acids is 1. The summed E-state index contributed by atoms with van der Waals surface area (Å²) in [5.74, 6) is 6.52. The Bertz CT molecular complexity index is 1090. The maximum Gasteiger partial charge on any atom is 0.237 e. The van der Waals surface area contributed by atoms with Crippen LogP contribution in [0.25, 0.3) is 11.4 Å². The van der Waals surface area contributed by atoms with Gasteiger partial charge in [-0.15, -0.1) is 10.2 Å². The molecule has 0 saturated heterocycles. The van der Waals surface area contributed by atoms with Gasteiger partial charge in [0.2, 0.25) is 11.1 Å². The molecular formula is C22H24N6OS. The Morgan fingerprint density at radius 3 is 2.53 bits per heavy atom. The lowest BCUT2D eigenvalue weighted by molar-refractivity contribution is -0.115. The molecule has 0 fully saturated rings. The lowest BCUT2D eigenvalue weighted by atomic mass is 9.87. The van der Waals surface area contributed by atoms with Crippen LogP contribution < -0.4 is 11.2 Å². The fourth-order valence-electron chi connectivity index (χ4n) is 2.80. The van der Waals surface area contributed by atoms with Crippen molar-refractivity contribution in [3.05, 3.63) is 59.7 Å². The van der Waals surface area contributed by atoms with Crippen LogP contribution in [0.3, 0.4) is 0 Å². The van der Waals surface area contributed by atoms with Gasteiger partial charge < -0.3 is 11.2 Å². The largest absolute Gasteiger partial charge is 0.335 e. The number of nitrogens with zero attached hydrogens (tertiary/aromatic N) is 4. The van der Waals surface area contributed by atoms with Gasteiger partial charge in [-0.2, -0.15) is 5.26 Å². The van der Waals surface area contributed by atoms with E-state index >= 15 is 0 Å². The summed E-state index contributed by atoms with van der Waals surface area (Å²) in [7, 11) is 0. The Hall–Kier alpha value is -3.31. The first-order chi connectivity index (χ1) is 14.2. The molecule has 0 spiro atoms. The van der Waals surface area contributed by atoms with Crippen molar-refractivity contribution in [1.82, 2.24) is 14.9 Å². The number of carbonyl (C=O) groups is 1. The zero-order valence-electron chi connectivity index (χ0n) is 17.4. The smallest absolute Gasteiger partial charge is 0.237 e. The van der Waals surface area contributed by atoms with Crippen LogP contribution in [-0.2, 0) is 10.2 Å². The number of hydrogen-bond donors (Lipinski definition) is 2. The van der Waals surface area contributed by atoms with Crippen LogP contribution in [0, 0.1) is 11.3 Å². The number of rotatable bonds is 5. The van der Waals surface area contributed by atoms with Gasteiger partial charge >= 0.3 is 0 Å². The van der Waals surface area contributed by atoms with Crippen molar-refractivity contribution in [1.29, 1.82) is 5.26 Å². The minimum Gasteiger partial charge on any atom is -0.335 e. The van der Waals surface area contributed by atoms with Gasteiger partial charge in [-0.25, -0.2) is 4.68 Å². The van der Waals surface area contributed by atoms with E-state index in [-0.39, 0.29) is 11.3 Å². The lowest BCUT2D eigenvalue weighted by Crippen LogP contribution is -2.23. The van der Waals surface area contributed by atoms with Gasteiger partial charge in [-0.3, -0.25) is 4.79 Å². The first-order valence-corrected chi connectivity index (χ1v) is 10.4. The van der Waals surface area contributed by atoms with Crippen molar-refractivity contribution in [3.8, 4) is 17.5 Å². The molecule has 1 heterocycles. The fraction of sp³-hybridized carbons (Fsp3) is 0.273. The second-order valence-corrected chi connectivity index (χ2v) is 9.25. The van der Waals surface area contributed by atoms with E-state index in [1.54, 1.807) is 31.2 Å². The Labute approximate surface area is 180 Å². The summed E-state index contributed by atoms with van der Waals surface area (Å²) in [5, 5.41) is 20.1. The van der Waals surface area contributed by atoms with E-state index < -0.39 is 5.25 Å². The number of benzene rings is 2. The standard InChI is InChI=1S/C22H24N6OS/c1-14(20(29)25-18-7-5-6-15(12-18)13-23)30-21-27-26-19(28(21)24)16-8-10-17(11-9-16)22(2,3)4/h5-12,14H,24H2,1-4H3,(H,25,29)/t14-/m1/s1. The van der Waals surface area contributed by atoms with Gasteiger partial charge in [0.05, 0.1) is 16.9 Å². The van der Waals surface area contributed by atoms with E-state index in [4.69, 9.17) is 11.1 Å². The molecule has 3 N–H and O–H groups in total. The number of nitrogen functional groups attached to an aromatic ring is 1. The second-order valence-electron chi connectivity index (χ2n) is 7.95. The van der Waals surface area contributed by atoms with E-state index in [1.165, 1.54) is 22.0 Å². The molecule has 3 aromatic rings. The molecule has 3 rings (SSSR count). The lowest BCUT2D eigenvalue weighted by Gasteiger charge is -2.19. The number of nitriles is 1. The molecule has 1 amide bonds. The van der Waals surface area contributed by atoms with E-state index in [0.29, 0.717) is 22.2 Å². The second kappa shape index (κ2) is 8.59. The average Bonchev–Trinajstić information content (AvgIpc) is 3.07. The number of amides is 1. The molecular weight excluding hydrogens is 396 g/mol. The van der Waals surface area contributed by atoms with Crippen LogP contribution >= 0.6 is 11.8 Å². The highest BCUT2D eigenvalue weighted by atomic mass is 32.2. The van der Waals surface area contributed by atoms with Crippen LogP contribution in [-0.4, -0.2) is 26.0 Å². The van der Waals surface area contributed by atoms with Crippen LogP contribution in [0.2, 0.25) is 0 Å². The van der Waals surface area contributed by atoms with E-state index in [1.807, 2.05) is 12.1 Å². The molecule has 2 aromatic carbocycles. The summed E-state index contributed by atoms with van der Waals surface area (Å²) in [6.45, 7) is 8.24. The normalized spacial score (nSPS) is 12.2. The number of nitrogens with two attached hydrogens (primary N) is 1. The third-order valence-corrected chi connectivity index (χ3v) is 5.64. The van der Waals surface area contributed by atoms with E-state index in [9.17, 15) is 4.79 Å². The summed E-state index contributed by atoms with van der Waals surface area (Å²) in [4.78, 5) is 12.5. The molecule has 0 aliphatic carbocycles. The minimum absolute atomic E-state index is 0.0610. The molecule has 0 unspecified atom stereocenters. The fourth-order valence-corrected chi connectivity index (χ4v) is 3.57. The first kappa shape index (κ1) is 21.4. The maximum atomic E-state index is 12.5. The highest BCUT2D eigenvalue weighted by Crippen LogP contribution is 2.28. The molecule has 0 aliphatic rings. The minimum atomic E-state index is -0.460. The topological polar surface area (TPSA) is 110 Å². The van der Waals surface area contributed by atoms with Gasteiger partial charge in [0.15, 0.2) is 5.82 Å².